The van der Waals surface area contributed by atoms with Crippen molar-refractivity contribution in [3.8, 4) is 0 Å². The van der Waals surface area contributed by atoms with Gasteiger partial charge in [0.2, 0.25) is 0 Å². The molecule has 6 heteroatoms. The van der Waals surface area contributed by atoms with Gasteiger partial charge in [0.05, 0.1) is 5.56 Å². The maximum atomic E-state index is 13.2. The van der Waals surface area contributed by atoms with Gasteiger partial charge < -0.3 is 10.6 Å². The molecule has 1 aromatic heterocycles. The molecule has 0 bridgehead atoms. The second kappa shape index (κ2) is 7.23. The van der Waals surface area contributed by atoms with Crippen molar-refractivity contribution >= 4 is 39.0 Å². The fourth-order valence-corrected chi connectivity index (χ4v) is 2.32. The fraction of sp³-hybridized carbons (Fsp3) is 0. The molecule has 0 radical (unpaired) electrons. The molecule has 0 saturated carbocycles. The van der Waals surface area contributed by atoms with Crippen LogP contribution in [0.1, 0.15) is 10.4 Å². The summed E-state index contributed by atoms with van der Waals surface area (Å²) in [4.78, 5) is 16.4. The lowest BCUT2D eigenvalue weighted by Crippen LogP contribution is -2.12. The van der Waals surface area contributed by atoms with Crippen molar-refractivity contribution in [2.75, 3.05) is 10.6 Å². The average molecular weight is 386 g/mol. The van der Waals surface area contributed by atoms with Crippen molar-refractivity contribution in [1.82, 2.24) is 4.98 Å². The van der Waals surface area contributed by atoms with Gasteiger partial charge in [0.15, 0.2) is 0 Å². The highest BCUT2D eigenvalue weighted by atomic mass is 79.9. The predicted molar refractivity (Wildman–Crippen MR) is 96.0 cm³/mol. The second-order valence-electron chi connectivity index (χ2n) is 5.03. The number of anilines is 3. The molecule has 3 rings (SSSR count). The Kier molecular flexibility index (Phi) is 4.86. The van der Waals surface area contributed by atoms with Crippen LogP contribution in [0, 0.1) is 5.82 Å². The van der Waals surface area contributed by atoms with Crippen LogP contribution in [0.15, 0.2) is 71.3 Å². The number of carbonyl (C=O) groups is 1. The van der Waals surface area contributed by atoms with Crippen LogP contribution in [0.25, 0.3) is 0 Å². The first-order valence-corrected chi connectivity index (χ1v) is 7.95. The summed E-state index contributed by atoms with van der Waals surface area (Å²) in [5, 5.41) is 5.77. The van der Waals surface area contributed by atoms with E-state index in [1.165, 1.54) is 18.3 Å². The molecule has 0 spiro atoms. The van der Waals surface area contributed by atoms with Gasteiger partial charge in [0.25, 0.3) is 5.91 Å². The first-order valence-electron chi connectivity index (χ1n) is 7.16. The SMILES string of the molecule is O=C(Nc1ccc(Br)cc1)c1ccc(Nc2cccc(F)c2)nc1. The Morgan fingerprint density at radius 1 is 1.00 bits per heavy atom. The van der Waals surface area contributed by atoms with E-state index in [2.05, 4.69) is 31.5 Å². The summed E-state index contributed by atoms with van der Waals surface area (Å²) in [6.45, 7) is 0. The quantitative estimate of drug-likeness (QED) is 0.665. The summed E-state index contributed by atoms with van der Waals surface area (Å²) in [7, 11) is 0. The number of amides is 1. The standard InChI is InChI=1S/C18H13BrFN3O/c19-13-5-7-15(8-6-13)23-18(24)12-4-9-17(21-11-12)22-16-3-1-2-14(20)10-16/h1-11H,(H,21,22)(H,23,24). The van der Waals surface area contributed by atoms with E-state index in [-0.39, 0.29) is 11.7 Å². The molecule has 120 valence electrons. The van der Waals surface area contributed by atoms with E-state index >= 15 is 0 Å². The number of nitrogens with one attached hydrogen (secondary N) is 2. The van der Waals surface area contributed by atoms with Gasteiger partial charge in [0, 0.05) is 22.0 Å². The van der Waals surface area contributed by atoms with Crippen LogP contribution < -0.4 is 10.6 Å². The topological polar surface area (TPSA) is 54.0 Å². The molecule has 24 heavy (non-hydrogen) atoms. The number of pyridine rings is 1. The van der Waals surface area contributed by atoms with Gasteiger partial charge in [0.1, 0.15) is 11.6 Å². The molecule has 1 heterocycles. The van der Waals surface area contributed by atoms with Gasteiger partial charge in [-0.05, 0) is 54.6 Å². The van der Waals surface area contributed by atoms with Crippen molar-refractivity contribution in [2.24, 2.45) is 0 Å². The normalized spacial score (nSPS) is 10.2. The highest BCUT2D eigenvalue weighted by Crippen LogP contribution is 2.17. The van der Waals surface area contributed by atoms with Gasteiger partial charge in [-0.2, -0.15) is 0 Å². The van der Waals surface area contributed by atoms with E-state index in [0.717, 1.165) is 4.47 Å². The number of aromatic nitrogens is 1. The summed E-state index contributed by atoms with van der Waals surface area (Å²) in [6.07, 6.45) is 1.47. The van der Waals surface area contributed by atoms with E-state index in [4.69, 9.17) is 0 Å². The molecule has 3 aromatic rings. The molecule has 2 aromatic carbocycles. The molecule has 0 unspecified atom stereocenters. The number of rotatable bonds is 4. The molecule has 4 nitrogen and oxygen atoms in total. The van der Waals surface area contributed by atoms with Crippen molar-refractivity contribution < 1.29 is 9.18 Å². The molecule has 0 aliphatic carbocycles. The molecule has 0 atom stereocenters. The predicted octanol–water partition coefficient (Wildman–Crippen LogP) is 4.98. The van der Waals surface area contributed by atoms with Crippen LogP contribution in [0.3, 0.4) is 0 Å². The Morgan fingerprint density at radius 2 is 1.79 bits per heavy atom. The Balaban J connectivity index is 1.67. The van der Waals surface area contributed by atoms with Crippen LogP contribution in [-0.4, -0.2) is 10.9 Å². The molecule has 1 amide bonds. The molecule has 0 aliphatic heterocycles. The summed E-state index contributed by atoms with van der Waals surface area (Å²) in [5.41, 5.74) is 1.72. The van der Waals surface area contributed by atoms with Crippen LogP contribution in [0.5, 0.6) is 0 Å². The van der Waals surface area contributed by atoms with E-state index in [0.29, 0.717) is 22.8 Å². The number of nitrogens with zero attached hydrogens (tertiary/aromatic N) is 1. The monoisotopic (exact) mass is 385 g/mol. The van der Waals surface area contributed by atoms with E-state index < -0.39 is 0 Å². The summed E-state index contributed by atoms with van der Waals surface area (Å²) in [5.74, 6) is -0.0478. The molecule has 0 saturated heterocycles. The summed E-state index contributed by atoms with van der Waals surface area (Å²) >= 11 is 3.34. The first kappa shape index (κ1) is 16.1. The van der Waals surface area contributed by atoms with Crippen molar-refractivity contribution in [3.63, 3.8) is 0 Å². The van der Waals surface area contributed by atoms with Gasteiger partial charge in [-0.3, -0.25) is 4.79 Å². The Morgan fingerprint density at radius 3 is 2.46 bits per heavy atom. The second-order valence-corrected chi connectivity index (χ2v) is 5.94. The van der Waals surface area contributed by atoms with Gasteiger partial charge >= 0.3 is 0 Å². The minimum absolute atomic E-state index is 0.248. The summed E-state index contributed by atoms with van der Waals surface area (Å²) in [6, 6.07) is 16.7. The minimum Gasteiger partial charge on any atom is -0.340 e. The van der Waals surface area contributed by atoms with Gasteiger partial charge in [-0.25, -0.2) is 9.37 Å². The molecule has 0 fully saturated rings. The number of benzene rings is 2. The first-order chi connectivity index (χ1) is 11.6. The Bertz CT molecular complexity index is 851. The lowest BCUT2D eigenvalue weighted by Gasteiger charge is -2.08. The van der Waals surface area contributed by atoms with Crippen molar-refractivity contribution in [3.05, 3.63) is 82.7 Å². The zero-order chi connectivity index (χ0) is 16.9. The van der Waals surface area contributed by atoms with Crippen LogP contribution in [0.2, 0.25) is 0 Å². The Labute approximate surface area is 146 Å². The number of hydrogen-bond acceptors (Lipinski definition) is 3. The van der Waals surface area contributed by atoms with Crippen molar-refractivity contribution in [1.29, 1.82) is 0 Å². The molecule has 0 aliphatic rings. The maximum absolute atomic E-state index is 13.2. The zero-order valence-corrected chi connectivity index (χ0v) is 14.0. The highest BCUT2D eigenvalue weighted by Gasteiger charge is 2.07. The third-order valence-electron chi connectivity index (χ3n) is 3.22. The summed E-state index contributed by atoms with van der Waals surface area (Å²) < 4.78 is 14.1. The van der Waals surface area contributed by atoms with Gasteiger partial charge in [-0.15, -0.1) is 0 Å². The zero-order valence-electron chi connectivity index (χ0n) is 12.5. The minimum atomic E-state index is -0.328. The van der Waals surface area contributed by atoms with E-state index in [9.17, 15) is 9.18 Å². The van der Waals surface area contributed by atoms with Crippen LogP contribution in [-0.2, 0) is 0 Å². The van der Waals surface area contributed by atoms with Gasteiger partial charge in [-0.1, -0.05) is 22.0 Å². The third kappa shape index (κ3) is 4.17. The molecular formula is C18H13BrFN3O. The van der Waals surface area contributed by atoms with Crippen molar-refractivity contribution in [2.45, 2.75) is 0 Å². The fourth-order valence-electron chi connectivity index (χ4n) is 2.05. The highest BCUT2D eigenvalue weighted by molar-refractivity contribution is 9.10. The third-order valence-corrected chi connectivity index (χ3v) is 3.75. The van der Waals surface area contributed by atoms with Crippen LogP contribution in [0.4, 0.5) is 21.6 Å². The average Bonchev–Trinajstić information content (AvgIpc) is 2.57. The maximum Gasteiger partial charge on any atom is 0.257 e. The van der Waals surface area contributed by atoms with E-state index in [1.54, 1.807) is 36.4 Å². The number of hydrogen-bond donors (Lipinski definition) is 2. The van der Waals surface area contributed by atoms with Crippen LogP contribution >= 0.6 is 15.9 Å². The Hall–Kier alpha value is -2.73. The van der Waals surface area contributed by atoms with E-state index in [1.807, 2.05) is 12.1 Å². The number of carbonyl (C=O) groups excluding carboxylic acids is 1. The molecular weight excluding hydrogens is 373 g/mol. The molecule has 2 N–H and O–H groups in total. The largest absolute Gasteiger partial charge is 0.340 e. The smallest absolute Gasteiger partial charge is 0.257 e. The lowest BCUT2D eigenvalue weighted by molar-refractivity contribution is 0.102. The lowest BCUT2D eigenvalue weighted by atomic mass is 10.2. The number of halogens is 2.